The van der Waals surface area contributed by atoms with E-state index in [0.29, 0.717) is 17.6 Å². The van der Waals surface area contributed by atoms with Crippen LogP contribution < -0.4 is 0 Å². The molecule has 4 saturated carbocycles. The molecule has 0 amide bonds. The van der Waals surface area contributed by atoms with Crippen molar-refractivity contribution in [2.24, 2.45) is 17.3 Å². The van der Waals surface area contributed by atoms with Crippen molar-refractivity contribution in [1.82, 2.24) is 0 Å². The molecule has 0 heterocycles. The van der Waals surface area contributed by atoms with Gasteiger partial charge in [-0.25, -0.2) is 8.42 Å². The summed E-state index contributed by atoms with van der Waals surface area (Å²) in [6, 6.07) is 0. The summed E-state index contributed by atoms with van der Waals surface area (Å²) in [4.78, 5) is 0. The van der Waals surface area contributed by atoms with Gasteiger partial charge in [-0.15, -0.1) is 0 Å². The minimum Gasteiger partial charge on any atom is -0.381 e. The molecule has 0 N–H and O–H groups in total. The molecule has 0 aromatic carbocycles. The fraction of sp³-hybridized carbons (Fsp3) is 1.00. The van der Waals surface area contributed by atoms with Crippen LogP contribution in [0.4, 0.5) is 0 Å². The zero-order valence-corrected chi connectivity index (χ0v) is 23.7. The zero-order valence-electron chi connectivity index (χ0n) is 22.9. The Hall–Kier alpha value is -0.170. The van der Waals surface area contributed by atoms with Crippen molar-refractivity contribution in [3.8, 4) is 0 Å². The number of rotatable bonds is 8. The highest BCUT2D eigenvalue weighted by Gasteiger charge is 2.42. The first kappa shape index (κ1) is 27.9. The number of hydrogen-bond acceptors (Lipinski definition) is 5. The van der Waals surface area contributed by atoms with Crippen LogP contribution in [0.2, 0.25) is 0 Å². The van der Waals surface area contributed by atoms with Gasteiger partial charge in [0.25, 0.3) is 0 Å². The van der Waals surface area contributed by atoms with Crippen LogP contribution in [0.3, 0.4) is 0 Å². The summed E-state index contributed by atoms with van der Waals surface area (Å²) in [7, 11) is 0.564. The van der Waals surface area contributed by atoms with Crippen LogP contribution in [-0.4, -0.2) is 57.6 Å². The lowest BCUT2D eigenvalue weighted by Gasteiger charge is -2.47. The van der Waals surface area contributed by atoms with Crippen LogP contribution in [0.5, 0.6) is 0 Å². The second kappa shape index (κ2) is 12.1. The summed E-state index contributed by atoms with van der Waals surface area (Å²) < 4.78 is 44.1. The first-order chi connectivity index (χ1) is 16.7. The van der Waals surface area contributed by atoms with Crippen LogP contribution in [0, 0.1) is 17.3 Å². The molecule has 35 heavy (non-hydrogen) atoms. The van der Waals surface area contributed by atoms with Crippen molar-refractivity contribution in [2.45, 2.75) is 151 Å². The molecule has 0 bridgehead atoms. The van der Waals surface area contributed by atoms with Gasteiger partial charge in [0.15, 0.2) is 9.84 Å². The molecule has 0 aromatic rings. The van der Waals surface area contributed by atoms with E-state index < -0.39 is 9.84 Å². The lowest BCUT2D eigenvalue weighted by atomic mass is 9.60. The van der Waals surface area contributed by atoms with Crippen LogP contribution in [0.25, 0.3) is 0 Å². The van der Waals surface area contributed by atoms with E-state index in [1.54, 1.807) is 7.11 Å². The Balaban J connectivity index is 1.18. The lowest BCUT2D eigenvalue weighted by molar-refractivity contribution is -0.0669. The van der Waals surface area contributed by atoms with E-state index in [1.165, 1.54) is 51.4 Å². The second-order valence-electron chi connectivity index (χ2n) is 12.8. The summed E-state index contributed by atoms with van der Waals surface area (Å²) in [6.07, 6.45) is 18.0. The summed E-state index contributed by atoms with van der Waals surface area (Å²) in [5, 5.41) is -0.310. The first-order valence-corrected chi connectivity index (χ1v) is 16.3. The van der Waals surface area contributed by atoms with Crippen molar-refractivity contribution in [3.63, 3.8) is 0 Å². The van der Waals surface area contributed by atoms with E-state index in [1.807, 2.05) is 7.11 Å². The number of methoxy groups -OCH3 is 2. The van der Waals surface area contributed by atoms with Crippen LogP contribution >= 0.6 is 0 Å². The molecular weight excluding hydrogens is 460 g/mol. The van der Waals surface area contributed by atoms with E-state index in [2.05, 4.69) is 13.8 Å². The standard InChI is InChI=1S/C29H52O5S/c1-29(2,21-5-9-23(32-3)10-6-21)22-7-11-25(12-8-22)34-26-15-19-28(20-16-26)35(30,31)27-17-13-24(33-4)14-18-27/h21-28H,5-20H2,1-4H3. The highest BCUT2D eigenvalue weighted by Crippen LogP contribution is 2.49. The van der Waals surface area contributed by atoms with Gasteiger partial charge >= 0.3 is 0 Å². The molecule has 4 aliphatic rings. The van der Waals surface area contributed by atoms with E-state index >= 15 is 0 Å². The zero-order chi connectivity index (χ0) is 25.1. The van der Waals surface area contributed by atoms with Gasteiger partial charge in [-0.2, -0.15) is 0 Å². The largest absolute Gasteiger partial charge is 0.381 e. The second-order valence-corrected chi connectivity index (χ2v) is 15.3. The monoisotopic (exact) mass is 512 g/mol. The van der Waals surface area contributed by atoms with E-state index in [9.17, 15) is 8.42 Å². The third-order valence-electron chi connectivity index (χ3n) is 10.7. The predicted octanol–water partition coefficient (Wildman–Crippen LogP) is 6.48. The van der Waals surface area contributed by atoms with E-state index in [-0.39, 0.29) is 22.7 Å². The van der Waals surface area contributed by atoms with Gasteiger partial charge in [0.05, 0.1) is 34.9 Å². The molecular formula is C29H52O5S. The maximum absolute atomic E-state index is 13.2. The normalized spacial score (nSPS) is 39.9. The topological polar surface area (TPSA) is 61.8 Å². The van der Waals surface area contributed by atoms with Crippen molar-refractivity contribution in [1.29, 1.82) is 0 Å². The summed E-state index contributed by atoms with van der Waals surface area (Å²) >= 11 is 0. The SMILES string of the molecule is COC1CCC(C(C)(C)C2CCC(OC3CCC(S(=O)(=O)C4CCC(OC)CC4)CC3)CC2)CC1. The highest BCUT2D eigenvalue weighted by molar-refractivity contribution is 7.92. The lowest BCUT2D eigenvalue weighted by Crippen LogP contribution is -2.41. The smallest absolute Gasteiger partial charge is 0.156 e. The minimum absolute atomic E-state index is 0.153. The molecule has 0 aromatic heterocycles. The summed E-state index contributed by atoms with van der Waals surface area (Å²) in [5.74, 6) is 1.61. The quantitative estimate of drug-likeness (QED) is 0.373. The van der Waals surface area contributed by atoms with Crippen molar-refractivity contribution >= 4 is 9.84 Å². The van der Waals surface area contributed by atoms with Gasteiger partial charge in [0.1, 0.15) is 0 Å². The van der Waals surface area contributed by atoms with Gasteiger partial charge in [-0.05, 0) is 120 Å². The Morgan fingerprint density at radius 1 is 0.514 bits per heavy atom. The van der Waals surface area contributed by atoms with Gasteiger partial charge in [-0.1, -0.05) is 13.8 Å². The predicted molar refractivity (Wildman–Crippen MR) is 141 cm³/mol. The maximum Gasteiger partial charge on any atom is 0.156 e. The number of hydrogen-bond donors (Lipinski definition) is 0. The van der Waals surface area contributed by atoms with Gasteiger partial charge < -0.3 is 14.2 Å². The van der Waals surface area contributed by atoms with Gasteiger partial charge in [0, 0.05) is 14.2 Å². The molecule has 4 rings (SSSR count). The molecule has 0 aliphatic heterocycles. The minimum atomic E-state index is -3.03. The molecule has 0 radical (unpaired) electrons. The average Bonchev–Trinajstić information content (AvgIpc) is 2.89. The third kappa shape index (κ3) is 6.64. The number of ether oxygens (including phenoxy) is 3. The molecule has 5 nitrogen and oxygen atoms in total. The van der Waals surface area contributed by atoms with Crippen LogP contribution in [-0.2, 0) is 24.0 Å². The number of sulfone groups is 1. The van der Waals surface area contributed by atoms with E-state index in [0.717, 1.165) is 63.2 Å². The summed E-state index contributed by atoms with van der Waals surface area (Å²) in [6.45, 7) is 5.03. The Labute approximate surface area is 215 Å². The van der Waals surface area contributed by atoms with Crippen molar-refractivity contribution in [3.05, 3.63) is 0 Å². The molecule has 4 fully saturated rings. The third-order valence-corrected chi connectivity index (χ3v) is 13.5. The highest BCUT2D eigenvalue weighted by atomic mass is 32.2. The van der Waals surface area contributed by atoms with Gasteiger partial charge in [0.2, 0.25) is 0 Å². The Morgan fingerprint density at radius 3 is 1.20 bits per heavy atom. The molecule has 0 spiro atoms. The van der Waals surface area contributed by atoms with Crippen LogP contribution in [0.15, 0.2) is 0 Å². The fourth-order valence-corrected chi connectivity index (χ4v) is 10.4. The molecule has 0 unspecified atom stereocenters. The molecule has 6 heteroatoms. The summed E-state index contributed by atoms with van der Waals surface area (Å²) in [5.41, 5.74) is 0.401. The van der Waals surface area contributed by atoms with Crippen molar-refractivity contribution in [2.75, 3.05) is 14.2 Å². The van der Waals surface area contributed by atoms with Crippen LogP contribution in [0.1, 0.15) is 117 Å². The Morgan fingerprint density at radius 2 is 0.829 bits per heavy atom. The Bertz CT molecular complexity index is 733. The van der Waals surface area contributed by atoms with Gasteiger partial charge in [-0.3, -0.25) is 0 Å². The maximum atomic E-state index is 13.2. The van der Waals surface area contributed by atoms with Crippen molar-refractivity contribution < 1.29 is 22.6 Å². The molecule has 204 valence electrons. The Kier molecular flexibility index (Phi) is 9.65. The molecule has 0 atom stereocenters. The average molecular weight is 513 g/mol. The van der Waals surface area contributed by atoms with E-state index in [4.69, 9.17) is 14.2 Å². The molecule has 0 saturated heterocycles. The molecule has 4 aliphatic carbocycles. The fourth-order valence-electron chi connectivity index (χ4n) is 7.96. The first-order valence-electron chi connectivity index (χ1n) is 14.7.